The third-order valence-corrected chi connectivity index (χ3v) is 4.56. The van der Waals surface area contributed by atoms with Crippen LogP contribution < -0.4 is 0 Å². The molecule has 0 spiro atoms. The van der Waals surface area contributed by atoms with E-state index in [1.165, 1.54) is 10.9 Å². The number of fused-ring (bicyclic) bond motifs is 1. The van der Waals surface area contributed by atoms with E-state index < -0.39 is 0 Å². The molecule has 1 aromatic heterocycles. The molecular formula is C18H24N2O. The summed E-state index contributed by atoms with van der Waals surface area (Å²) < 4.78 is 2.24. The highest BCUT2D eigenvalue weighted by Gasteiger charge is 2.26. The quantitative estimate of drug-likeness (QED) is 0.833. The molecule has 3 rings (SSSR count). The number of amides is 1. The van der Waals surface area contributed by atoms with Crippen LogP contribution in [-0.4, -0.2) is 28.5 Å². The number of carbonyl (C=O) groups is 1. The molecule has 3 nitrogen and oxygen atoms in total. The van der Waals surface area contributed by atoms with Gasteiger partial charge in [-0.3, -0.25) is 4.79 Å². The summed E-state index contributed by atoms with van der Waals surface area (Å²) in [5, 5.41) is 1.22. The molecule has 2 aromatic rings. The lowest BCUT2D eigenvalue weighted by atomic mass is 10.1. The van der Waals surface area contributed by atoms with Gasteiger partial charge in [-0.15, -0.1) is 0 Å². The highest BCUT2D eigenvalue weighted by atomic mass is 16.2. The Morgan fingerprint density at radius 3 is 2.62 bits per heavy atom. The van der Waals surface area contributed by atoms with Gasteiger partial charge in [-0.25, -0.2) is 0 Å². The molecule has 0 N–H and O–H groups in total. The largest absolute Gasteiger partial charge is 0.337 e. The van der Waals surface area contributed by atoms with Crippen molar-refractivity contribution in [3.63, 3.8) is 0 Å². The maximum Gasteiger partial charge on any atom is 0.270 e. The van der Waals surface area contributed by atoms with E-state index in [-0.39, 0.29) is 5.91 Å². The van der Waals surface area contributed by atoms with Crippen molar-refractivity contribution in [1.29, 1.82) is 0 Å². The van der Waals surface area contributed by atoms with E-state index in [0.717, 1.165) is 56.6 Å². The van der Waals surface area contributed by atoms with Crippen LogP contribution in [0.2, 0.25) is 0 Å². The van der Waals surface area contributed by atoms with Crippen molar-refractivity contribution >= 4 is 16.8 Å². The molecule has 0 saturated carbocycles. The number of aryl methyl sites for hydroxylation is 2. The summed E-state index contributed by atoms with van der Waals surface area (Å²) in [6.07, 6.45) is 4.53. The van der Waals surface area contributed by atoms with E-state index >= 15 is 0 Å². The number of benzene rings is 1. The average molecular weight is 284 g/mol. The number of carbonyl (C=O) groups excluding carboxylic acids is 1. The number of likely N-dealkylation sites (tertiary alicyclic amines) is 1. The van der Waals surface area contributed by atoms with Gasteiger partial charge in [0.15, 0.2) is 0 Å². The Labute approximate surface area is 126 Å². The lowest BCUT2D eigenvalue weighted by molar-refractivity contribution is 0.0781. The minimum Gasteiger partial charge on any atom is -0.337 e. The molecule has 0 bridgehead atoms. The Morgan fingerprint density at radius 1 is 1.19 bits per heavy atom. The normalized spacial score (nSPS) is 15.0. The first-order valence-electron chi connectivity index (χ1n) is 8.11. The summed E-state index contributed by atoms with van der Waals surface area (Å²) in [6, 6.07) is 8.39. The molecule has 0 radical (unpaired) electrons. The maximum atomic E-state index is 12.9. The molecule has 0 unspecified atom stereocenters. The molecule has 0 atom stereocenters. The second kappa shape index (κ2) is 5.92. The number of rotatable bonds is 4. The van der Waals surface area contributed by atoms with Crippen molar-refractivity contribution in [2.45, 2.75) is 46.1 Å². The van der Waals surface area contributed by atoms with Gasteiger partial charge in [0.1, 0.15) is 5.69 Å². The second-order valence-corrected chi connectivity index (χ2v) is 6.00. The van der Waals surface area contributed by atoms with Gasteiger partial charge in [-0.1, -0.05) is 31.5 Å². The molecule has 1 aliphatic heterocycles. The molecule has 1 aromatic carbocycles. The van der Waals surface area contributed by atoms with E-state index in [2.05, 4.69) is 42.7 Å². The van der Waals surface area contributed by atoms with Gasteiger partial charge in [0.25, 0.3) is 5.91 Å². The van der Waals surface area contributed by atoms with Gasteiger partial charge in [-0.2, -0.15) is 0 Å². The summed E-state index contributed by atoms with van der Waals surface area (Å²) >= 11 is 0. The first-order valence-corrected chi connectivity index (χ1v) is 8.11. The van der Waals surface area contributed by atoms with Crippen molar-refractivity contribution in [2.75, 3.05) is 13.1 Å². The third kappa shape index (κ3) is 2.45. The molecule has 1 fully saturated rings. The van der Waals surface area contributed by atoms with Gasteiger partial charge in [-0.05, 0) is 37.8 Å². The zero-order chi connectivity index (χ0) is 14.8. The van der Waals surface area contributed by atoms with Gasteiger partial charge < -0.3 is 9.47 Å². The molecule has 1 amide bonds. The molecule has 1 aliphatic rings. The molecule has 21 heavy (non-hydrogen) atoms. The van der Waals surface area contributed by atoms with Crippen LogP contribution >= 0.6 is 0 Å². The smallest absolute Gasteiger partial charge is 0.270 e. The summed E-state index contributed by atoms with van der Waals surface area (Å²) in [5.74, 6) is 0.220. The van der Waals surface area contributed by atoms with Crippen molar-refractivity contribution < 1.29 is 4.79 Å². The molecule has 0 aliphatic carbocycles. The van der Waals surface area contributed by atoms with Crippen LogP contribution in [0.15, 0.2) is 24.3 Å². The van der Waals surface area contributed by atoms with Gasteiger partial charge >= 0.3 is 0 Å². The SMILES string of the molecule is CCCCn1c(C(=O)N2CCCC2)c(C)c2ccccc21. The molecule has 3 heteroatoms. The van der Waals surface area contributed by atoms with E-state index in [4.69, 9.17) is 0 Å². The monoisotopic (exact) mass is 284 g/mol. The van der Waals surface area contributed by atoms with Crippen molar-refractivity contribution in [1.82, 2.24) is 9.47 Å². The van der Waals surface area contributed by atoms with Crippen molar-refractivity contribution in [2.24, 2.45) is 0 Å². The Morgan fingerprint density at radius 2 is 1.90 bits per heavy atom. The lowest BCUT2D eigenvalue weighted by Crippen LogP contribution is -2.30. The Bertz CT molecular complexity index is 651. The molecule has 2 heterocycles. The molecular weight excluding hydrogens is 260 g/mol. The standard InChI is InChI=1S/C18H24N2O/c1-3-4-13-20-16-10-6-5-9-15(16)14(2)17(20)18(21)19-11-7-8-12-19/h5-6,9-10H,3-4,7-8,11-13H2,1-2H3. The first-order chi connectivity index (χ1) is 10.2. The highest BCUT2D eigenvalue weighted by Crippen LogP contribution is 2.28. The van der Waals surface area contributed by atoms with Crippen LogP contribution in [0, 0.1) is 6.92 Å². The first kappa shape index (κ1) is 14.2. The summed E-state index contributed by atoms with van der Waals surface area (Å²) in [6.45, 7) is 7.04. The minimum atomic E-state index is 0.220. The van der Waals surface area contributed by atoms with Gasteiger partial charge in [0.2, 0.25) is 0 Å². The van der Waals surface area contributed by atoms with Crippen LogP contribution in [0.1, 0.15) is 48.7 Å². The van der Waals surface area contributed by atoms with E-state index in [1.54, 1.807) is 0 Å². The van der Waals surface area contributed by atoms with Crippen LogP contribution in [-0.2, 0) is 6.54 Å². The number of hydrogen-bond acceptors (Lipinski definition) is 1. The average Bonchev–Trinajstić information content (AvgIpc) is 3.12. The summed E-state index contributed by atoms with van der Waals surface area (Å²) in [4.78, 5) is 14.9. The Kier molecular flexibility index (Phi) is 4.00. The fourth-order valence-electron chi connectivity index (χ4n) is 3.37. The highest BCUT2D eigenvalue weighted by molar-refractivity contribution is 6.01. The van der Waals surface area contributed by atoms with E-state index in [0.29, 0.717) is 0 Å². The number of nitrogens with zero attached hydrogens (tertiary/aromatic N) is 2. The van der Waals surface area contributed by atoms with Crippen LogP contribution in [0.3, 0.4) is 0 Å². The Balaban J connectivity index is 2.10. The van der Waals surface area contributed by atoms with Crippen molar-refractivity contribution in [3.05, 3.63) is 35.5 Å². The predicted molar refractivity (Wildman–Crippen MR) is 86.7 cm³/mol. The fraction of sp³-hybridized carbons (Fsp3) is 0.500. The van der Waals surface area contributed by atoms with Crippen LogP contribution in [0.25, 0.3) is 10.9 Å². The molecule has 112 valence electrons. The maximum absolute atomic E-state index is 12.9. The van der Waals surface area contributed by atoms with Crippen molar-refractivity contribution in [3.8, 4) is 0 Å². The number of aromatic nitrogens is 1. The number of unbranched alkanes of at least 4 members (excludes halogenated alkanes) is 1. The van der Waals surface area contributed by atoms with Gasteiger partial charge in [0.05, 0.1) is 0 Å². The summed E-state index contributed by atoms with van der Waals surface area (Å²) in [5.41, 5.74) is 3.25. The lowest BCUT2D eigenvalue weighted by Gasteiger charge is -2.18. The summed E-state index contributed by atoms with van der Waals surface area (Å²) in [7, 11) is 0. The molecule has 1 saturated heterocycles. The van der Waals surface area contributed by atoms with E-state index in [1.807, 2.05) is 4.90 Å². The number of hydrogen-bond donors (Lipinski definition) is 0. The predicted octanol–water partition coefficient (Wildman–Crippen LogP) is 3.99. The zero-order valence-electron chi connectivity index (χ0n) is 13.1. The fourth-order valence-corrected chi connectivity index (χ4v) is 3.37. The Hall–Kier alpha value is -1.77. The third-order valence-electron chi connectivity index (χ3n) is 4.56. The number of para-hydroxylation sites is 1. The zero-order valence-corrected chi connectivity index (χ0v) is 13.1. The van der Waals surface area contributed by atoms with Crippen LogP contribution in [0.4, 0.5) is 0 Å². The van der Waals surface area contributed by atoms with Crippen LogP contribution in [0.5, 0.6) is 0 Å². The van der Waals surface area contributed by atoms with Gasteiger partial charge in [0, 0.05) is 30.5 Å². The topological polar surface area (TPSA) is 25.2 Å². The van der Waals surface area contributed by atoms with E-state index in [9.17, 15) is 4.79 Å². The minimum absolute atomic E-state index is 0.220. The second-order valence-electron chi connectivity index (χ2n) is 6.00.